The Hall–Kier alpha value is 2.62. The minimum atomic E-state index is -5.39. The number of rotatable bonds is 18. The Morgan fingerprint density at radius 1 is 0.378 bits per heavy atom. The first-order valence-electron chi connectivity index (χ1n) is 13.8. The van der Waals surface area contributed by atoms with Crippen LogP contribution in [0.1, 0.15) is 119 Å². The molecule has 0 spiro atoms. The van der Waals surface area contributed by atoms with Gasteiger partial charge in [-0.1, -0.05) is 0 Å². The molecule has 0 fully saturated rings. The molecule has 0 aromatic heterocycles. The molecule has 0 N–H and O–H groups in total. The monoisotopic (exact) mass is 892 g/mol. The van der Waals surface area contributed by atoms with Gasteiger partial charge >= 0.3 is 209 Å². The van der Waals surface area contributed by atoms with Crippen LogP contribution in [-0.2, 0) is 9.13 Å². The Morgan fingerprint density at radius 3 is 0.568 bits per heavy atom. The van der Waals surface area contributed by atoms with Crippen molar-refractivity contribution in [2.75, 3.05) is 0 Å². The Labute approximate surface area is 260 Å². The van der Waals surface area contributed by atoms with Crippen molar-refractivity contribution in [2.24, 2.45) is 0 Å². The maximum atomic E-state index is 8.55. The van der Waals surface area contributed by atoms with Gasteiger partial charge in [0.05, 0.1) is 0 Å². The van der Waals surface area contributed by atoms with Gasteiger partial charge in [-0.05, 0) is 0 Å². The van der Waals surface area contributed by atoms with Crippen molar-refractivity contribution in [2.45, 2.75) is 145 Å². The van der Waals surface area contributed by atoms with Gasteiger partial charge in [0, 0.05) is 0 Å². The van der Waals surface area contributed by atoms with Crippen LogP contribution >= 0.6 is 15.6 Å². The molecule has 0 amide bonds. The van der Waals surface area contributed by atoms with Crippen LogP contribution in [0.5, 0.6) is 0 Å². The third-order valence-corrected chi connectivity index (χ3v) is 16.4. The molecule has 0 aliphatic carbocycles. The fraction of sp³-hybridized carbons (Fsp3) is 1.00. The van der Waals surface area contributed by atoms with Crippen molar-refractivity contribution in [3.05, 3.63) is 0 Å². The zero-order chi connectivity index (χ0) is 29.8. The third-order valence-electron chi connectivity index (χ3n) is 4.24. The second-order valence-electron chi connectivity index (χ2n) is 8.27. The number of hydrogen-bond acceptors (Lipinski definition) is 8. The summed E-state index contributed by atoms with van der Waals surface area (Å²) in [4.78, 5) is 51.3. The first-order chi connectivity index (χ1) is 17.2. The standard InChI is InChI=1S/6C4H9.2H3O4P.3Sn/c6*1-3-4-2;2*1-5(2,3)4;;;/h6*1,3-4H2,2H3;2*(H3,1,2,3,4);;;/q;;;;;;;;3*+2/p-6. The van der Waals surface area contributed by atoms with Gasteiger partial charge in [0.2, 0.25) is 0 Å². The minimum absolute atomic E-state index is 0.149. The minimum Gasteiger partial charge on any atom is -0.822 e. The zero-order valence-electron chi connectivity index (χ0n) is 24.4. The van der Waals surface area contributed by atoms with E-state index in [0.29, 0.717) is 0 Å². The molecule has 0 rings (SSSR count). The smallest absolute Gasteiger partial charge is 0.159 e. The van der Waals surface area contributed by atoms with Gasteiger partial charge < -0.3 is 38.5 Å². The molecule has 37 heavy (non-hydrogen) atoms. The molecular formula is C24H54O8P2Sn3. The normalized spacial score (nSPS) is 9.84. The molecule has 0 aliphatic rings. The average Bonchev–Trinajstić information content (AvgIpc) is 2.78. The molecule has 0 unspecified atom stereocenters. The van der Waals surface area contributed by atoms with Crippen LogP contribution in [0.25, 0.3) is 0 Å². The van der Waals surface area contributed by atoms with E-state index in [9.17, 15) is 0 Å². The molecule has 0 bridgehead atoms. The first-order valence-corrected chi connectivity index (χ1v) is 28.9. The molecule has 8 nitrogen and oxygen atoms in total. The average molecular weight is 889 g/mol. The van der Waals surface area contributed by atoms with Crippen LogP contribution < -0.4 is 29.4 Å². The van der Waals surface area contributed by atoms with Crippen molar-refractivity contribution in [3.63, 3.8) is 0 Å². The summed E-state index contributed by atoms with van der Waals surface area (Å²) in [6.45, 7) is 13.7. The molecule has 0 saturated carbocycles. The van der Waals surface area contributed by atoms with Crippen molar-refractivity contribution in [1.29, 1.82) is 0 Å². The molecule has 13 heteroatoms. The maximum Gasteiger partial charge on any atom is -0.159 e. The van der Waals surface area contributed by atoms with E-state index in [2.05, 4.69) is 41.5 Å². The van der Waals surface area contributed by atoms with E-state index < -0.39 is 15.6 Å². The largest absolute Gasteiger partial charge is 0.822 e. The molecule has 0 heterocycles. The van der Waals surface area contributed by atoms with Gasteiger partial charge in [-0.3, -0.25) is 0 Å². The molecule has 0 saturated heterocycles. The van der Waals surface area contributed by atoms with Crippen molar-refractivity contribution in [3.8, 4) is 0 Å². The summed E-state index contributed by atoms with van der Waals surface area (Å²) < 4.78 is 26.8. The fourth-order valence-corrected chi connectivity index (χ4v) is 14.7. The molecule has 0 aliphatic heterocycles. The topological polar surface area (TPSA) is 172 Å². The summed E-state index contributed by atoms with van der Waals surface area (Å²) in [5.74, 6) is 0. The Bertz CT molecular complexity index is 379. The summed E-state index contributed by atoms with van der Waals surface area (Å²) in [6, 6.07) is 0. The van der Waals surface area contributed by atoms with Gasteiger partial charge in [0.25, 0.3) is 0 Å². The van der Waals surface area contributed by atoms with Crippen molar-refractivity contribution in [1.82, 2.24) is 0 Å². The van der Waals surface area contributed by atoms with E-state index in [0.717, 1.165) is 0 Å². The molecule has 0 aromatic rings. The number of phosphoric acid groups is 2. The van der Waals surface area contributed by atoms with Gasteiger partial charge in [-0.15, -0.1) is 0 Å². The van der Waals surface area contributed by atoms with E-state index >= 15 is 0 Å². The molecule has 0 atom stereocenters. The zero-order valence-corrected chi connectivity index (χ0v) is 34.7. The SMILES string of the molecule is CCC[CH2][Sn+2][CH2]CCC.CCC[CH2][Sn+2][CH2]CCC.CCC[CH2][Sn+2][CH2]CCC.O=P([O-])([O-])[O-].O=P([O-])([O-])[O-]. The van der Waals surface area contributed by atoms with E-state index in [1.165, 1.54) is 77.0 Å². The summed E-state index contributed by atoms with van der Waals surface area (Å²) in [7, 11) is -10.8. The first kappa shape index (κ1) is 49.3. The summed E-state index contributed by atoms with van der Waals surface area (Å²) >= 11 is 0.448. The number of unbranched alkanes of at least 4 members (excludes halogenated alkanes) is 6. The Balaban J connectivity index is -0.000000118. The fourth-order valence-electron chi connectivity index (χ4n) is 2.19. The van der Waals surface area contributed by atoms with Crippen molar-refractivity contribution < 1.29 is 38.5 Å². The Morgan fingerprint density at radius 2 is 0.486 bits per heavy atom. The van der Waals surface area contributed by atoms with Crippen LogP contribution in [0.2, 0.25) is 26.6 Å². The number of hydrogen-bond donors (Lipinski definition) is 0. The Kier molecular flexibility index (Phi) is 57.4. The quantitative estimate of drug-likeness (QED) is 0.114. The van der Waals surface area contributed by atoms with E-state index in [-0.39, 0.29) is 63.4 Å². The van der Waals surface area contributed by atoms with E-state index in [4.69, 9.17) is 38.5 Å². The van der Waals surface area contributed by atoms with Crippen LogP contribution in [0.3, 0.4) is 0 Å². The maximum absolute atomic E-state index is 8.55. The molecule has 220 valence electrons. The van der Waals surface area contributed by atoms with Gasteiger partial charge in [0.15, 0.2) is 0 Å². The van der Waals surface area contributed by atoms with Crippen LogP contribution in [0.15, 0.2) is 0 Å². The van der Waals surface area contributed by atoms with E-state index in [1.54, 1.807) is 26.6 Å². The van der Waals surface area contributed by atoms with Gasteiger partial charge in [0.1, 0.15) is 0 Å². The van der Waals surface area contributed by atoms with Crippen LogP contribution in [0.4, 0.5) is 0 Å². The van der Waals surface area contributed by atoms with Crippen LogP contribution in [0, 0.1) is 0 Å². The summed E-state index contributed by atoms with van der Waals surface area (Å²) in [5, 5.41) is 0. The second kappa shape index (κ2) is 43.1. The van der Waals surface area contributed by atoms with E-state index in [1.807, 2.05) is 0 Å². The summed E-state index contributed by atoms with van der Waals surface area (Å²) in [6.07, 6.45) is 17.5. The summed E-state index contributed by atoms with van der Waals surface area (Å²) in [5.41, 5.74) is 0. The predicted octanol–water partition coefficient (Wildman–Crippen LogP) is 3.73. The third kappa shape index (κ3) is 122. The predicted molar refractivity (Wildman–Crippen MR) is 151 cm³/mol. The molecule has 0 radical (unpaired) electrons. The molecule has 0 aromatic carbocycles. The van der Waals surface area contributed by atoms with Gasteiger partial charge in [-0.2, -0.15) is 15.6 Å². The van der Waals surface area contributed by atoms with Crippen molar-refractivity contribution >= 4 is 79.1 Å². The second-order valence-corrected chi connectivity index (χ2v) is 22.9. The molecular weight excluding hydrogens is 834 g/mol. The van der Waals surface area contributed by atoms with Crippen LogP contribution in [-0.4, -0.2) is 63.4 Å². The van der Waals surface area contributed by atoms with Gasteiger partial charge in [-0.25, -0.2) is 0 Å².